The summed E-state index contributed by atoms with van der Waals surface area (Å²) in [6.07, 6.45) is 5.14. The Morgan fingerprint density at radius 2 is 2.29 bits per heavy atom. The molecule has 1 aromatic carbocycles. The first-order chi connectivity index (χ1) is 11.7. The molecule has 3 aromatic rings. The lowest BCUT2D eigenvalue weighted by Crippen LogP contribution is -2.40. The Bertz CT molecular complexity index is 834. The van der Waals surface area contributed by atoms with Crippen molar-refractivity contribution in [1.29, 1.82) is 0 Å². The summed E-state index contributed by atoms with van der Waals surface area (Å²) >= 11 is 0. The first-order valence-electron chi connectivity index (χ1n) is 8.17. The lowest BCUT2D eigenvalue weighted by molar-refractivity contribution is -0.00304. The number of H-pyrrole nitrogens is 1. The zero-order chi connectivity index (χ0) is 16.5. The Morgan fingerprint density at radius 3 is 3.08 bits per heavy atom. The Balaban J connectivity index is 1.46. The van der Waals surface area contributed by atoms with Crippen LogP contribution in [0.25, 0.3) is 10.9 Å². The van der Waals surface area contributed by atoms with Gasteiger partial charge in [0.15, 0.2) is 0 Å². The molecule has 1 aliphatic heterocycles. The van der Waals surface area contributed by atoms with Crippen LogP contribution in [0.3, 0.4) is 0 Å². The Hall–Kier alpha value is -2.60. The number of nitrogens with zero attached hydrogens (tertiary/aromatic N) is 2. The minimum Gasteiger partial charge on any atom is -0.372 e. The fraction of sp³-hybridized carbons (Fsp3) is 0.333. The third kappa shape index (κ3) is 2.80. The molecule has 2 N–H and O–H groups in total. The maximum absolute atomic E-state index is 12.5. The van der Waals surface area contributed by atoms with E-state index >= 15 is 0 Å². The zero-order valence-corrected chi connectivity index (χ0v) is 13.5. The number of aryl methyl sites for hydroxylation is 1. The van der Waals surface area contributed by atoms with Gasteiger partial charge in [-0.15, -0.1) is 0 Å². The van der Waals surface area contributed by atoms with E-state index in [9.17, 15) is 4.79 Å². The molecule has 2 unspecified atom stereocenters. The smallest absolute Gasteiger partial charge is 0.267 e. The lowest BCUT2D eigenvalue weighted by Gasteiger charge is -2.30. The molecule has 3 heterocycles. The van der Waals surface area contributed by atoms with Crippen LogP contribution in [0.15, 0.2) is 42.9 Å². The maximum atomic E-state index is 12.5. The van der Waals surface area contributed by atoms with Crippen molar-refractivity contribution in [3.05, 3.63) is 54.2 Å². The number of hydrogen-bond acceptors (Lipinski definition) is 3. The predicted octanol–water partition coefficient (Wildman–Crippen LogP) is 2.55. The molecule has 1 aliphatic rings. The minimum absolute atomic E-state index is 0.0285. The van der Waals surface area contributed by atoms with E-state index in [-0.39, 0.29) is 18.1 Å². The number of rotatable bonds is 3. The van der Waals surface area contributed by atoms with Gasteiger partial charge in [-0.3, -0.25) is 4.79 Å². The first kappa shape index (κ1) is 15.0. The molecule has 2 aromatic heterocycles. The van der Waals surface area contributed by atoms with E-state index in [1.165, 1.54) is 0 Å². The third-order valence-corrected chi connectivity index (χ3v) is 4.58. The van der Waals surface area contributed by atoms with Gasteiger partial charge in [0.25, 0.3) is 5.91 Å². The van der Waals surface area contributed by atoms with Gasteiger partial charge >= 0.3 is 0 Å². The number of benzene rings is 1. The summed E-state index contributed by atoms with van der Waals surface area (Å²) in [7, 11) is 1.96. The fourth-order valence-electron chi connectivity index (χ4n) is 3.27. The van der Waals surface area contributed by atoms with E-state index in [1.807, 2.05) is 48.1 Å². The summed E-state index contributed by atoms with van der Waals surface area (Å²) in [4.78, 5) is 19.9. The molecule has 24 heavy (non-hydrogen) atoms. The minimum atomic E-state index is -0.0677. The van der Waals surface area contributed by atoms with Crippen LogP contribution in [0, 0.1) is 0 Å². The Labute approximate surface area is 139 Å². The van der Waals surface area contributed by atoms with Gasteiger partial charge in [0.1, 0.15) is 11.8 Å². The predicted molar refractivity (Wildman–Crippen MR) is 90.7 cm³/mol. The fourth-order valence-corrected chi connectivity index (χ4v) is 3.27. The summed E-state index contributed by atoms with van der Waals surface area (Å²) in [6, 6.07) is 9.88. The number of fused-ring (bicyclic) bond motifs is 1. The quantitative estimate of drug-likeness (QED) is 0.778. The number of carbonyl (C=O) groups is 1. The van der Waals surface area contributed by atoms with Crippen LogP contribution in [0.2, 0.25) is 0 Å². The van der Waals surface area contributed by atoms with Crippen molar-refractivity contribution in [2.75, 3.05) is 6.61 Å². The van der Waals surface area contributed by atoms with E-state index in [1.54, 1.807) is 6.33 Å². The van der Waals surface area contributed by atoms with Crippen LogP contribution in [-0.2, 0) is 11.8 Å². The molecule has 124 valence electrons. The highest BCUT2D eigenvalue weighted by Gasteiger charge is 2.27. The van der Waals surface area contributed by atoms with Gasteiger partial charge < -0.3 is 19.6 Å². The summed E-state index contributed by atoms with van der Waals surface area (Å²) in [5, 5.41) is 4.17. The molecule has 0 aliphatic carbocycles. The number of amides is 1. The Kier molecular flexibility index (Phi) is 3.82. The lowest BCUT2D eigenvalue weighted by atomic mass is 10.0. The highest BCUT2D eigenvalue weighted by atomic mass is 16.5. The molecule has 0 bridgehead atoms. The topological polar surface area (TPSA) is 71.9 Å². The van der Waals surface area contributed by atoms with Gasteiger partial charge in [-0.25, -0.2) is 4.98 Å². The first-order valence-corrected chi connectivity index (χ1v) is 8.17. The van der Waals surface area contributed by atoms with E-state index < -0.39 is 0 Å². The van der Waals surface area contributed by atoms with Crippen molar-refractivity contribution >= 4 is 16.8 Å². The number of carbonyl (C=O) groups excluding carboxylic acids is 1. The number of para-hydroxylation sites is 1. The molecule has 6 nitrogen and oxygen atoms in total. The highest BCUT2D eigenvalue weighted by molar-refractivity contribution is 5.98. The second-order valence-corrected chi connectivity index (χ2v) is 6.25. The van der Waals surface area contributed by atoms with Gasteiger partial charge in [0, 0.05) is 30.6 Å². The summed E-state index contributed by atoms with van der Waals surface area (Å²) in [6.45, 7) is 0.632. The van der Waals surface area contributed by atoms with Crippen LogP contribution in [0.5, 0.6) is 0 Å². The molecule has 0 radical (unpaired) electrons. The number of nitrogens with one attached hydrogen (secondary N) is 2. The van der Waals surface area contributed by atoms with Crippen molar-refractivity contribution in [3.63, 3.8) is 0 Å². The van der Waals surface area contributed by atoms with Crippen molar-refractivity contribution in [1.82, 2.24) is 19.9 Å². The van der Waals surface area contributed by atoms with Crippen molar-refractivity contribution in [2.24, 2.45) is 7.05 Å². The van der Waals surface area contributed by atoms with Crippen LogP contribution >= 0.6 is 0 Å². The molecule has 0 spiro atoms. The van der Waals surface area contributed by atoms with E-state index in [4.69, 9.17) is 4.74 Å². The van der Waals surface area contributed by atoms with Crippen LogP contribution in [-0.4, -0.2) is 33.1 Å². The average molecular weight is 324 g/mol. The van der Waals surface area contributed by atoms with Gasteiger partial charge in [0.2, 0.25) is 0 Å². The summed E-state index contributed by atoms with van der Waals surface area (Å²) in [5.41, 5.74) is 2.61. The summed E-state index contributed by atoms with van der Waals surface area (Å²) in [5.74, 6) is -0.0677. The zero-order valence-electron chi connectivity index (χ0n) is 13.5. The molecule has 1 fully saturated rings. The van der Waals surface area contributed by atoms with Crippen molar-refractivity contribution < 1.29 is 9.53 Å². The largest absolute Gasteiger partial charge is 0.372 e. The molecule has 1 amide bonds. The Morgan fingerprint density at radius 1 is 1.42 bits per heavy atom. The van der Waals surface area contributed by atoms with Crippen LogP contribution < -0.4 is 5.32 Å². The molecule has 4 rings (SSSR count). The second kappa shape index (κ2) is 6.13. The summed E-state index contributed by atoms with van der Waals surface area (Å²) < 4.78 is 7.81. The van der Waals surface area contributed by atoms with E-state index in [2.05, 4.69) is 15.3 Å². The molecule has 1 saturated heterocycles. The third-order valence-electron chi connectivity index (χ3n) is 4.58. The molecule has 2 atom stereocenters. The standard InChI is InChI=1S/C18H20N4O2/c1-22-11-19-10-16(22)17-9-13(6-7-24-17)20-18(23)15-8-12-4-2-3-5-14(12)21-15/h2-5,8,10-11,13,17,21H,6-7,9H2,1H3,(H,20,23). The van der Waals surface area contributed by atoms with Crippen molar-refractivity contribution in [3.8, 4) is 0 Å². The normalized spacial score (nSPS) is 21.0. The number of ether oxygens (including phenoxy) is 1. The van der Waals surface area contributed by atoms with Gasteiger partial charge in [-0.2, -0.15) is 0 Å². The molecule has 6 heteroatoms. The van der Waals surface area contributed by atoms with E-state index in [0.717, 1.165) is 29.4 Å². The number of aromatic nitrogens is 3. The van der Waals surface area contributed by atoms with Crippen molar-refractivity contribution in [2.45, 2.75) is 25.0 Å². The van der Waals surface area contributed by atoms with E-state index in [0.29, 0.717) is 12.3 Å². The van der Waals surface area contributed by atoms with Gasteiger partial charge in [0.05, 0.1) is 18.2 Å². The number of hydrogen-bond donors (Lipinski definition) is 2. The number of aromatic amines is 1. The number of imidazole rings is 1. The van der Waals surface area contributed by atoms with Crippen LogP contribution in [0.1, 0.15) is 35.1 Å². The second-order valence-electron chi connectivity index (χ2n) is 6.25. The molecule has 0 saturated carbocycles. The molecular weight excluding hydrogens is 304 g/mol. The van der Waals surface area contributed by atoms with Gasteiger partial charge in [-0.1, -0.05) is 18.2 Å². The highest BCUT2D eigenvalue weighted by Crippen LogP contribution is 2.27. The SMILES string of the molecule is Cn1cncc1C1CC(NC(=O)c2cc3ccccc3[nH]2)CCO1. The van der Waals surface area contributed by atoms with Crippen LogP contribution in [0.4, 0.5) is 0 Å². The monoisotopic (exact) mass is 324 g/mol. The maximum Gasteiger partial charge on any atom is 0.267 e. The van der Waals surface area contributed by atoms with Gasteiger partial charge in [-0.05, 0) is 25.0 Å². The molecular formula is C18H20N4O2. The average Bonchev–Trinajstić information content (AvgIpc) is 3.21.